The van der Waals surface area contributed by atoms with Crippen LogP contribution in [0.1, 0.15) is 0 Å². The number of oxazole rings is 1. The smallest absolute Gasteiger partial charge is 0.227 e. The molecule has 9 aromatic carbocycles. The molecule has 5 heterocycles. The molecule has 0 N–H and O–H groups in total. The van der Waals surface area contributed by atoms with Gasteiger partial charge in [-0.1, -0.05) is 84.9 Å². The van der Waals surface area contributed by atoms with E-state index in [2.05, 4.69) is 143 Å². The maximum atomic E-state index is 6.73. The lowest BCUT2D eigenvalue weighted by Crippen LogP contribution is -1.94. The van der Waals surface area contributed by atoms with Gasteiger partial charge in [-0.05, 0) is 114 Å². The molecule has 61 heavy (non-hydrogen) atoms. The molecule has 6 nitrogen and oxygen atoms in total. The summed E-state index contributed by atoms with van der Waals surface area (Å²) in [4.78, 5) is 4.99. The highest BCUT2D eigenvalue weighted by Gasteiger charge is 2.22. The van der Waals surface area contributed by atoms with Crippen molar-refractivity contribution < 1.29 is 13.3 Å². The molecule has 0 unspecified atom stereocenters. The quantitative estimate of drug-likeness (QED) is 0.178. The van der Waals surface area contributed by atoms with Gasteiger partial charge in [-0.3, -0.25) is 0 Å². The highest BCUT2D eigenvalue weighted by atomic mass is 16.4. The van der Waals surface area contributed by atoms with Gasteiger partial charge in [0.05, 0.1) is 22.1 Å². The van der Waals surface area contributed by atoms with Crippen LogP contribution in [-0.2, 0) is 0 Å². The van der Waals surface area contributed by atoms with Crippen LogP contribution in [0.4, 0.5) is 0 Å². The molecule has 0 spiro atoms. The van der Waals surface area contributed by atoms with Crippen molar-refractivity contribution in [3.8, 4) is 34.0 Å². The number of aromatic nitrogens is 3. The van der Waals surface area contributed by atoms with Crippen molar-refractivity contribution in [2.24, 2.45) is 0 Å². The Hall–Kier alpha value is -8.35. The van der Waals surface area contributed by atoms with Crippen LogP contribution in [0.2, 0.25) is 0 Å². The average Bonchev–Trinajstić information content (AvgIpc) is 4.14. The molecule has 0 aliphatic heterocycles. The lowest BCUT2D eigenvalue weighted by Gasteiger charge is -2.10. The highest BCUT2D eigenvalue weighted by Crippen LogP contribution is 2.42. The number of hydrogen-bond donors (Lipinski definition) is 0. The molecule has 5 aromatic heterocycles. The summed E-state index contributed by atoms with van der Waals surface area (Å²) in [6, 6.07) is 66.2. The summed E-state index contributed by atoms with van der Waals surface area (Å²) in [5.41, 5.74) is 14.8. The van der Waals surface area contributed by atoms with Crippen LogP contribution >= 0.6 is 0 Å². The average molecular weight is 782 g/mol. The van der Waals surface area contributed by atoms with Gasteiger partial charge >= 0.3 is 0 Å². The number of hydrogen-bond acceptors (Lipinski definition) is 4. The standard InChI is InChI=1S/C55H31N3O3/c1-2-10-32(11-3-1)55-56-45-23-22-40-42-29-34(19-25-48(42)58(53(40)54(45)61-55)36-21-27-52-44(31-36)39-14-6-9-17-50(39)60-52)33-18-24-47-41(28-33)37-12-4-7-15-46(37)57(47)35-20-26-51-43(30-35)38-13-5-8-16-49(38)59-51/h1-31H. The minimum absolute atomic E-state index is 0.599. The van der Waals surface area contributed by atoms with E-state index in [0.717, 1.165) is 116 Å². The summed E-state index contributed by atoms with van der Waals surface area (Å²) in [5.74, 6) is 0.599. The van der Waals surface area contributed by atoms with Crippen LogP contribution in [-0.4, -0.2) is 14.1 Å². The van der Waals surface area contributed by atoms with E-state index in [9.17, 15) is 0 Å². The molecule has 14 rings (SSSR count). The second kappa shape index (κ2) is 12.1. The van der Waals surface area contributed by atoms with Gasteiger partial charge in [0.15, 0.2) is 5.58 Å². The van der Waals surface area contributed by atoms with Crippen molar-refractivity contribution in [3.05, 3.63) is 188 Å². The third kappa shape index (κ3) is 4.64. The van der Waals surface area contributed by atoms with Crippen LogP contribution in [0.25, 0.3) is 133 Å². The Morgan fingerprint density at radius 3 is 1.56 bits per heavy atom. The van der Waals surface area contributed by atoms with Gasteiger partial charge in [-0.25, -0.2) is 4.98 Å². The molecule has 0 amide bonds. The Balaban J connectivity index is 0.983. The van der Waals surface area contributed by atoms with E-state index >= 15 is 0 Å². The normalized spacial score (nSPS) is 12.3. The van der Waals surface area contributed by atoms with Crippen molar-refractivity contribution in [1.82, 2.24) is 14.1 Å². The first-order valence-corrected chi connectivity index (χ1v) is 20.5. The van der Waals surface area contributed by atoms with Crippen molar-refractivity contribution in [3.63, 3.8) is 0 Å². The van der Waals surface area contributed by atoms with Gasteiger partial charge in [0.2, 0.25) is 5.89 Å². The lowest BCUT2D eigenvalue weighted by atomic mass is 10.0. The highest BCUT2D eigenvalue weighted by molar-refractivity contribution is 6.18. The Morgan fingerprint density at radius 2 is 0.869 bits per heavy atom. The number of furan rings is 2. The van der Waals surface area contributed by atoms with Gasteiger partial charge in [0, 0.05) is 60.0 Å². The molecule has 0 fully saturated rings. The van der Waals surface area contributed by atoms with Gasteiger partial charge in [0.25, 0.3) is 0 Å². The summed E-state index contributed by atoms with van der Waals surface area (Å²) >= 11 is 0. The topological polar surface area (TPSA) is 62.2 Å². The maximum absolute atomic E-state index is 6.73. The summed E-state index contributed by atoms with van der Waals surface area (Å²) < 4.78 is 23.9. The summed E-state index contributed by atoms with van der Waals surface area (Å²) in [6.07, 6.45) is 0. The lowest BCUT2D eigenvalue weighted by molar-refractivity contribution is 0.622. The minimum atomic E-state index is 0.599. The first-order valence-electron chi connectivity index (χ1n) is 20.5. The van der Waals surface area contributed by atoms with Gasteiger partial charge in [0.1, 0.15) is 27.8 Å². The van der Waals surface area contributed by atoms with E-state index in [4.69, 9.17) is 18.2 Å². The summed E-state index contributed by atoms with van der Waals surface area (Å²) in [6.45, 7) is 0. The molecule has 284 valence electrons. The summed E-state index contributed by atoms with van der Waals surface area (Å²) in [7, 11) is 0. The Bertz CT molecular complexity index is 4120. The molecular weight excluding hydrogens is 751 g/mol. The zero-order valence-electron chi connectivity index (χ0n) is 32.5. The molecular formula is C55H31N3O3. The Labute approximate surface area is 346 Å². The van der Waals surface area contributed by atoms with Crippen LogP contribution in [0.3, 0.4) is 0 Å². The number of rotatable bonds is 4. The largest absolute Gasteiger partial charge is 0.456 e. The van der Waals surface area contributed by atoms with E-state index in [1.165, 1.54) is 10.8 Å². The number of para-hydroxylation sites is 3. The minimum Gasteiger partial charge on any atom is -0.456 e. The maximum Gasteiger partial charge on any atom is 0.227 e. The van der Waals surface area contributed by atoms with E-state index in [0.29, 0.717) is 5.89 Å². The molecule has 0 bridgehead atoms. The molecule has 0 saturated carbocycles. The zero-order valence-corrected chi connectivity index (χ0v) is 32.5. The molecule has 0 aliphatic rings. The van der Waals surface area contributed by atoms with E-state index in [1.807, 2.05) is 54.6 Å². The van der Waals surface area contributed by atoms with Crippen molar-refractivity contribution >= 4 is 98.6 Å². The van der Waals surface area contributed by atoms with Crippen molar-refractivity contribution in [1.29, 1.82) is 0 Å². The SMILES string of the molecule is c1ccc(-c2nc3ccc4c5cc(-c6ccc7c(c6)c6ccccc6n7-c6ccc7oc8ccccc8c7c6)ccc5n(-c5ccc6oc7ccccc7c6c5)c4c3o2)cc1. The zero-order chi connectivity index (χ0) is 39.8. The molecule has 0 saturated heterocycles. The van der Waals surface area contributed by atoms with Crippen LogP contribution in [0, 0.1) is 0 Å². The third-order valence-electron chi connectivity index (χ3n) is 12.5. The number of nitrogens with zero attached hydrogens (tertiary/aromatic N) is 3. The molecule has 0 atom stereocenters. The van der Waals surface area contributed by atoms with Crippen LogP contribution < -0.4 is 0 Å². The van der Waals surface area contributed by atoms with E-state index in [1.54, 1.807) is 0 Å². The second-order valence-electron chi connectivity index (χ2n) is 15.9. The Morgan fingerprint density at radius 1 is 0.328 bits per heavy atom. The fourth-order valence-corrected chi connectivity index (χ4v) is 9.77. The first-order chi connectivity index (χ1) is 30.2. The van der Waals surface area contributed by atoms with E-state index < -0.39 is 0 Å². The molecule has 14 aromatic rings. The van der Waals surface area contributed by atoms with Gasteiger partial charge in [-0.15, -0.1) is 0 Å². The van der Waals surface area contributed by atoms with Crippen LogP contribution in [0.5, 0.6) is 0 Å². The van der Waals surface area contributed by atoms with Gasteiger partial charge in [-0.2, -0.15) is 0 Å². The summed E-state index contributed by atoms with van der Waals surface area (Å²) in [5, 5.41) is 9.02. The Kier molecular flexibility index (Phi) is 6.46. The second-order valence-corrected chi connectivity index (χ2v) is 15.9. The van der Waals surface area contributed by atoms with Crippen molar-refractivity contribution in [2.75, 3.05) is 0 Å². The molecule has 6 heteroatoms. The fourth-order valence-electron chi connectivity index (χ4n) is 9.77. The predicted octanol–water partition coefficient (Wildman–Crippen LogP) is 15.2. The van der Waals surface area contributed by atoms with E-state index in [-0.39, 0.29) is 0 Å². The van der Waals surface area contributed by atoms with Crippen LogP contribution in [0.15, 0.2) is 201 Å². The predicted molar refractivity (Wildman–Crippen MR) is 248 cm³/mol. The monoisotopic (exact) mass is 781 g/mol. The van der Waals surface area contributed by atoms with Gasteiger partial charge < -0.3 is 22.4 Å². The molecule has 0 radical (unpaired) electrons. The molecule has 0 aliphatic carbocycles. The fraction of sp³-hybridized carbons (Fsp3) is 0. The first kappa shape index (κ1) is 32.6. The van der Waals surface area contributed by atoms with Crippen molar-refractivity contribution in [2.45, 2.75) is 0 Å². The number of benzene rings is 9. The number of fused-ring (bicyclic) bond motifs is 14. The third-order valence-corrected chi connectivity index (χ3v) is 12.5.